The van der Waals surface area contributed by atoms with Crippen molar-refractivity contribution in [2.75, 3.05) is 25.0 Å². The van der Waals surface area contributed by atoms with Gasteiger partial charge in [0.2, 0.25) is 5.91 Å². The Kier molecular flexibility index (Phi) is 3.41. The van der Waals surface area contributed by atoms with Crippen LogP contribution in [0.15, 0.2) is 24.3 Å². The molecule has 1 atom stereocenters. The second-order valence-electron chi connectivity index (χ2n) is 3.87. The van der Waals surface area contributed by atoms with E-state index in [-0.39, 0.29) is 18.4 Å². The predicted octanol–water partition coefficient (Wildman–Crippen LogP) is 0.694. The van der Waals surface area contributed by atoms with Crippen molar-refractivity contribution < 1.29 is 9.90 Å². The van der Waals surface area contributed by atoms with Gasteiger partial charge >= 0.3 is 0 Å². The number of aliphatic hydroxyl groups excluding tert-OH is 1. The summed E-state index contributed by atoms with van der Waals surface area (Å²) in [6.45, 7) is 1.12. The van der Waals surface area contributed by atoms with E-state index < -0.39 is 0 Å². The number of rotatable bonds is 3. The summed E-state index contributed by atoms with van der Waals surface area (Å²) < 4.78 is 0. The first-order chi connectivity index (χ1) is 7.83. The van der Waals surface area contributed by atoms with E-state index in [9.17, 15) is 4.79 Å². The smallest absolute Gasteiger partial charge is 0.227 e. The van der Waals surface area contributed by atoms with Crippen molar-refractivity contribution in [3.8, 4) is 0 Å². The predicted molar refractivity (Wildman–Crippen MR) is 62.4 cm³/mol. The van der Waals surface area contributed by atoms with Gasteiger partial charge in [-0.05, 0) is 18.1 Å². The van der Waals surface area contributed by atoms with Crippen LogP contribution < -0.4 is 10.6 Å². The molecule has 0 aliphatic carbocycles. The van der Waals surface area contributed by atoms with E-state index in [1.165, 1.54) is 0 Å². The largest absolute Gasteiger partial charge is 0.395 e. The molecule has 0 bridgehead atoms. The van der Waals surface area contributed by atoms with Gasteiger partial charge in [-0.25, -0.2) is 0 Å². The minimum Gasteiger partial charge on any atom is -0.395 e. The molecule has 0 radical (unpaired) electrons. The second-order valence-corrected chi connectivity index (χ2v) is 3.87. The molecule has 3 N–H and O–H groups in total. The molecule has 1 aliphatic rings. The van der Waals surface area contributed by atoms with Crippen molar-refractivity contribution in [1.29, 1.82) is 0 Å². The van der Waals surface area contributed by atoms with Crippen molar-refractivity contribution in [2.24, 2.45) is 0 Å². The molecule has 0 aromatic heterocycles. The van der Waals surface area contributed by atoms with Crippen LogP contribution >= 0.6 is 0 Å². The Morgan fingerprint density at radius 1 is 1.50 bits per heavy atom. The molecular weight excluding hydrogens is 204 g/mol. The fourth-order valence-corrected chi connectivity index (χ4v) is 2.04. The van der Waals surface area contributed by atoms with Crippen LogP contribution in [0, 0.1) is 0 Å². The van der Waals surface area contributed by atoms with Gasteiger partial charge in [-0.15, -0.1) is 0 Å². The summed E-state index contributed by atoms with van der Waals surface area (Å²) in [5, 5.41) is 14.7. The van der Waals surface area contributed by atoms with E-state index in [4.69, 9.17) is 5.11 Å². The molecule has 4 nitrogen and oxygen atoms in total. The van der Waals surface area contributed by atoms with Crippen molar-refractivity contribution in [3.63, 3.8) is 0 Å². The SMILES string of the molecule is O=C(NCCO)C1CCNc2ccccc21. The normalized spacial score (nSPS) is 18.4. The molecule has 2 rings (SSSR count). The monoisotopic (exact) mass is 220 g/mol. The van der Waals surface area contributed by atoms with Crippen LogP contribution in [0.2, 0.25) is 0 Å². The second kappa shape index (κ2) is 4.99. The van der Waals surface area contributed by atoms with Crippen LogP contribution in [-0.4, -0.2) is 30.7 Å². The minimum atomic E-state index is -0.0935. The molecule has 1 heterocycles. The zero-order valence-electron chi connectivity index (χ0n) is 9.07. The van der Waals surface area contributed by atoms with Crippen molar-refractivity contribution in [3.05, 3.63) is 29.8 Å². The van der Waals surface area contributed by atoms with Crippen molar-refractivity contribution in [2.45, 2.75) is 12.3 Å². The topological polar surface area (TPSA) is 61.4 Å². The molecule has 1 unspecified atom stereocenters. The molecule has 0 saturated carbocycles. The maximum absolute atomic E-state index is 11.9. The molecule has 1 aromatic rings. The minimum absolute atomic E-state index is 0.00278. The first-order valence-electron chi connectivity index (χ1n) is 5.54. The third-order valence-corrected chi connectivity index (χ3v) is 2.81. The Hall–Kier alpha value is -1.55. The molecule has 1 amide bonds. The third-order valence-electron chi connectivity index (χ3n) is 2.81. The van der Waals surface area contributed by atoms with Crippen LogP contribution in [0.25, 0.3) is 0 Å². The molecule has 1 aromatic carbocycles. The summed E-state index contributed by atoms with van der Waals surface area (Å²) in [6.07, 6.45) is 0.800. The summed E-state index contributed by atoms with van der Waals surface area (Å²) >= 11 is 0. The van der Waals surface area contributed by atoms with Crippen LogP contribution in [0.4, 0.5) is 5.69 Å². The van der Waals surface area contributed by atoms with Gasteiger partial charge in [0.05, 0.1) is 12.5 Å². The molecule has 0 saturated heterocycles. The lowest BCUT2D eigenvalue weighted by molar-refractivity contribution is -0.122. The number of carbonyl (C=O) groups is 1. The Morgan fingerprint density at radius 2 is 2.31 bits per heavy atom. The summed E-state index contributed by atoms with van der Waals surface area (Å²) in [5.74, 6) is -0.0907. The fraction of sp³-hybridized carbons (Fsp3) is 0.417. The van der Waals surface area contributed by atoms with E-state index in [2.05, 4.69) is 10.6 Å². The van der Waals surface area contributed by atoms with Gasteiger partial charge in [0.25, 0.3) is 0 Å². The Balaban J connectivity index is 2.15. The number of carbonyl (C=O) groups excluding carboxylic acids is 1. The maximum atomic E-state index is 11.9. The summed E-state index contributed by atoms with van der Waals surface area (Å²) in [6, 6.07) is 7.86. The third kappa shape index (κ3) is 2.17. The number of hydrogen-bond donors (Lipinski definition) is 3. The van der Waals surface area contributed by atoms with Crippen LogP contribution in [0.1, 0.15) is 17.9 Å². The van der Waals surface area contributed by atoms with Gasteiger partial charge in [0.1, 0.15) is 0 Å². The highest BCUT2D eigenvalue weighted by Crippen LogP contribution is 2.31. The van der Waals surface area contributed by atoms with Crippen LogP contribution in [-0.2, 0) is 4.79 Å². The molecular formula is C12H16N2O2. The lowest BCUT2D eigenvalue weighted by Crippen LogP contribution is -2.34. The highest BCUT2D eigenvalue weighted by atomic mass is 16.3. The van der Waals surface area contributed by atoms with Crippen LogP contribution in [0.3, 0.4) is 0 Å². The fourth-order valence-electron chi connectivity index (χ4n) is 2.04. The number of aliphatic hydroxyl groups is 1. The Labute approximate surface area is 94.7 Å². The van der Waals surface area contributed by atoms with E-state index in [0.717, 1.165) is 24.2 Å². The van der Waals surface area contributed by atoms with Gasteiger partial charge in [0.15, 0.2) is 0 Å². The lowest BCUT2D eigenvalue weighted by Gasteiger charge is -2.25. The van der Waals surface area contributed by atoms with E-state index >= 15 is 0 Å². The summed E-state index contributed by atoms with van der Waals surface area (Å²) in [7, 11) is 0. The lowest BCUT2D eigenvalue weighted by atomic mass is 9.90. The van der Waals surface area contributed by atoms with Gasteiger partial charge in [0, 0.05) is 18.8 Å². The summed E-state index contributed by atoms with van der Waals surface area (Å²) in [5.41, 5.74) is 2.09. The Bertz CT molecular complexity index is 379. The molecule has 0 fully saturated rings. The van der Waals surface area contributed by atoms with E-state index in [1.54, 1.807) is 0 Å². The molecule has 0 spiro atoms. The highest BCUT2D eigenvalue weighted by Gasteiger charge is 2.25. The van der Waals surface area contributed by atoms with Crippen LogP contribution in [0.5, 0.6) is 0 Å². The maximum Gasteiger partial charge on any atom is 0.227 e. The zero-order chi connectivity index (χ0) is 11.4. The van der Waals surface area contributed by atoms with Crippen molar-refractivity contribution in [1.82, 2.24) is 5.32 Å². The molecule has 4 heteroatoms. The number of anilines is 1. The average Bonchev–Trinajstić information content (AvgIpc) is 2.35. The van der Waals surface area contributed by atoms with Gasteiger partial charge < -0.3 is 15.7 Å². The first-order valence-corrected chi connectivity index (χ1v) is 5.54. The van der Waals surface area contributed by atoms with Gasteiger partial charge in [-0.1, -0.05) is 18.2 Å². The molecule has 16 heavy (non-hydrogen) atoms. The average molecular weight is 220 g/mol. The number of amides is 1. The van der Waals surface area contributed by atoms with E-state index in [1.807, 2.05) is 24.3 Å². The Morgan fingerprint density at radius 3 is 3.12 bits per heavy atom. The molecule has 1 aliphatic heterocycles. The summed E-state index contributed by atoms with van der Waals surface area (Å²) in [4.78, 5) is 11.9. The van der Waals surface area contributed by atoms with Crippen molar-refractivity contribution >= 4 is 11.6 Å². The number of para-hydroxylation sites is 1. The number of nitrogens with one attached hydrogen (secondary N) is 2. The quantitative estimate of drug-likeness (QED) is 0.702. The number of benzene rings is 1. The zero-order valence-corrected chi connectivity index (χ0v) is 9.07. The number of hydrogen-bond acceptors (Lipinski definition) is 3. The molecule has 86 valence electrons. The first kappa shape index (κ1) is 11.0. The highest BCUT2D eigenvalue weighted by molar-refractivity contribution is 5.86. The van der Waals surface area contributed by atoms with Gasteiger partial charge in [-0.2, -0.15) is 0 Å². The standard InChI is InChI=1S/C12H16N2O2/c15-8-7-14-12(16)10-5-6-13-11-4-2-1-3-9(10)11/h1-4,10,13,15H,5-8H2,(H,14,16). The number of fused-ring (bicyclic) bond motifs is 1. The van der Waals surface area contributed by atoms with E-state index in [0.29, 0.717) is 6.54 Å². The van der Waals surface area contributed by atoms with Gasteiger partial charge in [-0.3, -0.25) is 4.79 Å².